The van der Waals surface area contributed by atoms with Gasteiger partial charge in [0.2, 0.25) is 21.6 Å². The van der Waals surface area contributed by atoms with Crippen LogP contribution in [0.5, 0.6) is 0 Å². The number of aliphatic hydroxyl groups excluding tert-OH is 1. The van der Waals surface area contributed by atoms with Gasteiger partial charge >= 0.3 is 0 Å². The molecule has 1 aromatic carbocycles. The van der Waals surface area contributed by atoms with Gasteiger partial charge in [-0.25, -0.2) is 8.42 Å². The van der Waals surface area contributed by atoms with Crippen LogP contribution in [0.4, 0.5) is 0 Å². The van der Waals surface area contributed by atoms with E-state index in [-0.39, 0.29) is 30.0 Å². The minimum Gasteiger partial charge on any atom is -0.395 e. The Morgan fingerprint density at radius 3 is 2.22 bits per heavy atom. The summed E-state index contributed by atoms with van der Waals surface area (Å²) in [5.41, 5.74) is 0.308. The summed E-state index contributed by atoms with van der Waals surface area (Å²) in [7, 11) is -2.92. The van der Waals surface area contributed by atoms with E-state index < -0.39 is 26.5 Å². The molecule has 1 N–H and O–H groups in total. The second-order valence-corrected chi connectivity index (χ2v) is 9.08. The van der Waals surface area contributed by atoms with Gasteiger partial charge in [-0.05, 0) is 18.8 Å². The third-order valence-corrected chi connectivity index (χ3v) is 7.13. The Morgan fingerprint density at radius 2 is 1.67 bits per heavy atom. The molecule has 0 amide bonds. The molecule has 3 rings (SSSR count). The van der Waals surface area contributed by atoms with Crippen LogP contribution < -0.4 is 0 Å². The van der Waals surface area contributed by atoms with Crippen molar-refractivity contribution in [2.24, 2.45) is 5.92 Å². The Hall–Kier alpha value is -2.03. The summed E-state index contributed by atoms with van der Waals surface area (Å²) in [5, 5.41) is 9.13. The highest BCUT2D eigenvalue weighted by molar-refractivity contribution is 7.94. The number of allylic oxidation sites excluding steroid dienone is 2. The number of rotatable bonds is 5. The monoisotopic (exact) mass is 392 g/mol. The average Bonchev–Trinajstić information content (AvgIpc) is 2.65. The number of Topliss-reactive ketones (excluding diaryl/α,β-unsaturated/α-hetero) is 2. The molecular formula is C19H24N2O5S. The van der Waals surface area contributed by atoms with Crippen LogP contribution >= 0.6 is 0 Å². The van der Waals surface area contributed by atoms with Gasteiger partial charge in [0.1, 0.15) is 5.70 Å². The molecule has 1 saturated heterocycles. The van der Waals surface area contributed by atoms with E-state index in [4.69, 9.17) is 5.11 Å². The highest BCUT2D eigenvalue weighted by Gasteiger charge is 2.43. The molecule has 0 unspecified atom stereocenters. The number of aliphatic hydroxyl groups is 1. The topological polar surface area (TPSA) is 95.0 Å². The predicted molar refractivity (Wildman–Crippen MR) is 101 cm³/mol. The zero-order valence-electron chi connectivity index (χ0n) is 15.5. The first kappa shape index (κ1) is 19.7. The largest absolute Gasteiger partial charge is 0.395 e. The lowest BCUT2D eigenvalue weighted by atomic mass is 9.90. The van der Waals surface area contributed by atoms with E-state index in [2.05, 4.69) is 6.92 Å². The minimum atomic E-state index is -4.22. The lowest BCUT2D eigenvalue weighted by Gasteiger charge is -2.36. The molecule has 1 aliphatic carbocycles. The zero-order chi connectivity index (χ0) is 19.8. The number of fused-ring (bicyclic) bond motifs is 1. The van der Waals surface area contributed by atoms with Crippen LogP contribution in [0.15, 0.2) is 34.9 Å². The lowest BCUT2D eigenvalue weighted by Crippen LogP contribution is -2.43. The Balaban J connectivity index is 2.19. The van der Waals surface area contributed by atoms with Crippen molar-refractivity contribution in [3.05, 3.63) is 46.0 Å². The van der Waals surface area contributed by atoms with E-state index in [0.717, 1.165) is 17.1 Å². The predicted octanol–water partition coefficient (Wildman–Crippen LogP) is 1.26. The fourth-order valence-corrected chi connectivity index (χ4v) is 4.96. The fourth-order valence-electron chi connectivity index (χ4n) is 3.52. The number of likely N-dealkylation sites (tertiary alicyclic amines) is 1. The van der Waals surface area contributed by atoms with E-state index >= 15 is 0 Å². The average molecular weight is 392 g/mol. The van der Waals surface area contributed by atoms with Gasteiger partial charge in [0.25, 0.3) is 0 Å². The highest BCUT2D eigenvalue weighted by atomic mass is 32.2. The summed E-state index contributed by atoms with van der Waals surface area (Å²) in [4.78, 5) is 27.6. The maximum absolute atomic E-state index is 13.2. The van der Waals surface area contributed by atoms with Gasteiger partial charge in [0.05, 0.1) is 6.61 Å². The van der Waals surface area contributed by atoms with Crippen LogP contribution in [0, 0.1) is 5.92 Å². The number of carbonyl (C=O) groups is 2. The van der Waals surface area contributed by atoms with Crippen molar-refractivity contribution < 1.29 is 23.1 Å². The maximum atomic E-state index is 13.2. The number of ketones is 2. The van der Waals surface area contributed by atoms with E-state index in [1.807, 2.05) is 0 Å². The summed E-state index contributed by atoms with van der Waals surface area (Å²) in [5.74, 6) is -0.611. The fraction of sp³-hybridized carbons (Fsp3) is 0.474. The molecule has 2 aliphatic rings. The molecule has 0 aromatic heterocycles. The van der Waals surface area contributed by atoms with E-state index in [0.29, 0.717) is 19.0 Å². The quantitative estimate of drug-likeness (QED) is 0.811. The number of hydrogen-bond acceptors (Lipinski definition) is 6. The molecule has 0 radical (unpaired) electrons. The smallest absolute Gasteiger partial charge is 0.249 e. The first-order valence-electron chi connectivity index (χ1n) is 9.04. The molecule has 1 aliphatic heterocycles. The van der Waals surface area contributed by atoms with Crippen LogP contribution in [0.3, 0.4) is 0 Å². The molecule has 146 valence electrons. The molecule has 1 aromatic rings. The third kappa shape index (κ3) is 3.44. The summed E-state index contributed by atoms with van der Waals surface area (Å²) < 4.78 is 27.2. The van der Waals surface area contributed by atoms with Crippen LogP contribution in [0.1, 0.15) is 40.5 Å². The van der Waals surface area contributed by atoms with Crippen molar-refractivity contribution in [2.75, 3.05) is 33.3 Å². The Kier molecular flexibility index (Phi) is 5.50. The minimum absolute atomic E-state index is 0.0320. The Labute approximate surface area is 159 Å². The number of piperidine rings is 1. The summed E-state index contributed by atoms with van der Waals surface area (Å²) in [6.07, 6.45) is 1.65. The first-order valence-corrected chi connectivity index (χ1v) is 10.5. The molecule has 0 atom stereocenters. The standard InChI is InChI=1S/C19H24N2O5S/c1-13-7-9-21(10-8-13)16-17(23)14-5-3-4-6-15(14)18(24)19(16)27(25,26)20(2)11-12-22/h3-6,13,22H,7-12H2,1-2H3. The van der Waals surface area contributed by atoms with Crippen molar-refractivity contribution in [3.63, 3.8) is 0 Å². The van der Waals surface area contributed by atoms with Crippen molar-refractivity contribution in [2.45, 2.75) is 19.8 Å². The van der Waals surface area contributed by atoms with E-state index in [9.17, 15) is 18.0 Å². The van der Waals surface area contributed by atoms with Crippen LogP contribution in [-0.4, -0.2) is 67.6 Å². The number of nitrogens with zero attached hydrogens (tertiary/aromatic N) is 2. The van der Waals surface area contributed by atoms with E-state index in [1.54, 1.807) is 23.1 Å². The molecule has 0 spiro atoms. The normalized spacial score (nSPS) is 19.0. The van der Waals surface area contributed by atoms with Gasteiger partial charge in [0.15, 0.2) is 4.91 Å². The van der Waals surface area contributed by atoms with Crippen molar-refractivity contribution >= 4 is 21.6 Å². The summed E-state index contributed by atoms with van der Waals surface area (Å²) in [6, 6.07) is 6.31. The molecule has 0 saturated carbocycles. The second-order valence-electron chi connectivity index (χ2n) is 7.10. The number of carbonyl (C=O) groups excluding carboxylic acids is 2. The third-order valence-electron chi connectivity index (χ3n) is 5.24. The number of hydrogen-bond donors (Lipinski definition) is 1. The Bertz CT molecular complexity index is 898. The molecular weight excluding hydrogens is 368 g/mol. The van der Waals surface area contributed by atoms with Crippen molar-refractivity contribution in [1.82, 2.24) is 9.21 Å². The SMILES string of the molecule is CC1CCN(C2=C(S(=O)(=O)N(C)CCO)C(=O)c3ccccc3C2=O)CC1. The van der Waals surface area contributed by atoms with Gasteiger partial charge in [-0.2, -0.15) is 4.31 Å². The van der Waals surface area contributed by atoms with Crippen LogP contribution in [0.25, 0.3) is 0 Å². The molecule has 7 nitrogen and oxygen atoms in total. The number of likely N-dealkylation sites (N-methyl/N-ethyl adjacent to an activating group) is 1. The van der Waals surface area contributed by atoms with Crippen LogP contribution in [-0.2, 0) is 10.0 Å². The maximum Gasteiger partial charge on any atom is 0.249 e. The second kappa shape index (κ2) is 7.53. The molecule has 8 heteroatoms. The van der Waals surface area contributed by atoms with Gasteiger partial charge < -0.3 is 10.0 Å². The van der Waals surface area contributed by atoms with Crippen molar-refractivity contribution in [1.29, 1.82) is 0 Å². The summed E-state index contributed by atoms with van der Waals surface area (Å²) in [6.45, 7) is 2.64. The first-order chi connectivity index (χ1) is 12.8. The van der Waals surface area contributed by atoms with Crippen LogP contribution in [0.2, 0.25) is 0 Å². The van der Waals surface area contributed by atoms with Gasteiger partial charge in [-0.1, -0.05) is 31.2 Å². The van der Waals surface area contributed by atoms with Crippen molar-refractivity contribution in [3.8, 4) is 0 Å². The van der Waals surface area contributed by atoms with Gasteiger partial charge in [-0.15, -0.1) is 0 Å². The van der Waals surface area contributed by atoms with E-state index in [1.165, 1.54) is 13.1 Å². The molecule has 27 heavy (non-hydrogen) atoms. The summed E-state index contributed by atoms with van der Waals surface area (Å²) >= 11 is 0. The van der Waals surface area contributed by atoms with Gasteiger partial charge in [-0.3, -0.25) is 9.59 Å². The lowest BCUT2D eigenvalue weighted by molar-refractivity contribution is 0.0932. The Morgan fingerprint density at radius 1 is 1.11 bits per heavy atom. The number of benzene rings is 1. The molecule has 1 heterocycles. The molecule has 1 fully saturated rings. The number of sulfonamides is 1. The molecule has 0 bridgehead atoms. The van der Waals surface area contributed by atoms with Gasteiger partial charge in [0, 0.05) is 37.8 Å². The zero-order valence-corrected chi connectivity index (χ0v) is 16.3. The highest BCUT2D eigenvalue weighted by Crippen LogP contribution is 2.34.